The van der Waals surface area contributed by atoms with E-state index in [0.717, 1.165) is 45.6 Å². The predicted octanol–water partition coefficient (Wildman–Crippen LogP) is 3.43. The van der Waals surface area contributed by atoms with Gasteiger partial charge in [0.25, 0.3) is 0 Å². The van der Waals surface area contributed by atoms with Crippen LogP contribution in [0.1, 0.15) is 60.8 Å². The molecule has 0 spiro atoms. The summed E-state index contributed by atoms with van der Waals surface area (Å²) in [6.07, 6.45) is 2.93. The van der Waals surface area contributed by atoms with Crippen molar-refractivity contribution >= 4 is 6.09 Å². The number of rotatable bonds is 3. The van der Waals surface area contributed by atoms with Crippen LogP contribution in [0.15, 0.2) is 0 Å². The smallest absolute Gasteiger partial charge is 0.410 e. The molecule has 2 heterocycles. The Labute approximate surface area is 147 Å². The van der Waals surface area contributed by atoms with Gasteiger partial charge in [0, 0.05) is 37.7 Å². The van der Waals surface area contributed by atoms with Gasteiger partial charge in [-0.3, -0.25) is 0 Å². The van der Waals surface area contributed by atoms with E-state index < -0.39 is 5.60 Å². The van der Waals surface area contributed by atoms with E-state index in [0.29, 0.717) is 12.0 Å². The van der Waals surface area contributed by atoms with Gasteiger partial charge in [-0.05, 0) is 45.4 Å². The standard InChI is InChI=1S/C19H36N2O3/c1-18(2,3)13-20-15-9-11-23-12-14(15)16-8-7-10-21(16)17(22)24-19(4,5)6/h14-16,20H,7-13H2,1-6H3/t14-,15+,16-/m0/s1. The number of likely N-dealkylation sites (tertiary alicyclic amines) is 1. The molecule has 2 aliphatic rings. The third kappa shape index (κ3) is 5.62. The van der Waals surface area contributed by atoms with Crippen molar-refractivity contribution in [2.75, 3.05) is 26.3 Å². The molecule has 0 saturated carbocycles. The minimum atomic E-state index is -0.447. The van der Waals surface area contributed by atoms with Crippen molar-refractivity contribution in [3.63, 3.8) is 0 Å². The van der Waals surface area contributed by atoms with E-state index in [9.17, 15) is 4.79 Å². The molecule has 24 heavy (non-hydrogen) atoms. The largest absolute Gasteiger partial charge is 0.444 e. The summed E-state index contributed by atoms with van der Waals surface area (Å²) in [5.41, 5.74) is -0.194. The van der Waals surface area contributed by atoms with Gasteiger partial charge in [0.1, 0.15) is 5.60 Å². The van der Waals surface area contributed by atoms with Gasteiger partial charge >= 0.3 is 6.09 Å². The van der Waals surface area contributed by atoms with Gasteiger partial charge in [-0.1, -0.05) is 20.8 Å². The maximum Gasteiger partial charge on any atom is 0.410 e. The molecule has 0 aliphatic carbocycles. The van der Waals surface area contributed by atoms with Crippen LogP contribution < -0.4 is 5.32 Å². The summed E-state index contributed by atoms with van der Waals surface area (Å²) in [7, 11) is 0. The third-order valence-electron chi connectivity index (χ3n) is 4.72. The van der Waals surface area contributed by atoms with Gasteiger partial charge < -0.3 is 19.7 Å². The lowest BCUT2D eigenvalue weighted by molar-refractivity contribution is -0.0176. The van der Waals surface area contributed by atoms with Crippen LogP contribution in [0.2, 0.25) is 0 Å². The summed E-state index contributed by atoms with van der Waals surface area (Å²) in [5.74, 6) is 0.344. The zero-order valence-electron chi connectivity index (χ0n) is 16.4. The number of nitrogens with zero attached hydrogens (tertiary/aromatic N) is 1. The molecule has 3 atom stereocenters. The highest BCUT2D eigenvalue weighted by Crippen LogP contribution is 2.31. The molecule has 0 aromatic heterocycles. The Hall–Kier alpha value is -0.810. The van der Waals surface area contributed by atoms with Crippen molar-refractivity contribution in [1.82, 2.24) is 10.2 Å². The second-order valence-corrected chi connectivity index (χ2v) is 9.46. The van der Waals surface area contributed by atoms with E-state index >= 15 is 0 Å². The van der Waals surface area contributed by atoms with Crippen LogP contribution in [0.4, 0.5) is 4.79 Å². The zero-order chi connectivity index (χ0) is 18.0. The molecular weight excluding hydrogens is 304 g/mol. The number of nitrogens with one attached hydrogen (secondary N) is 1. The molecule has 1 N–H and O–H groups in total. The van der Waals surface area contributed by atoms with Crippen LogP contribution in [-0.4, -0.2) is 55.0 Å². The lowest BCUT2D eigenvalue weighted by atomic mass is 9.86. The monoisotopic (exact) mass is 340 g/mol. The Morgan fingerprint density at radius 1 is 1.21 bits per heavy atom. The summed E-state index contributed by atoms with van der Waals surface area (Å²) in [5, 5.41) is 3.74. The van der Waals surface area contributed by atoms with Crippen molar-refractivity contribution in [3.05, 3.63) is 0 Å². The molecule has 0 radical (unpaired) electrons. The summed E-state index contributed by atoms with van der Waals surface area (Å²) in [6.45, 7) is 15.8. The highest BCUT2D eigenvalue weighted by Gasteiger charge is 2.41. The van der Waals surface area contributed by atoms with E-state index in [-0.39, 0.29) is 17.6 Å². The summed E-state index contributed by atoms with van der Waals surface area (Å²) in [6, 6.07) is 0.628. The van der Waals surface area contributed by atoms with E-state index in [2.05, 4.69) is 26.1 Å². The molecule has 0 bridgehead atoms. The highest BCUT2D eigenvalue weighted by molar-refractivity contribution is 5.69. The van der Waals surface area contributed by atoms with Gasteiger partial charge in [0.2, 0.25) is 0 Å². The fraction of sp³-hybridized carbons (Fsp3) is 0.947. The molecule has 0 aromatic carbocycles. The Morgan fingerprint density at radius 3 is 2.54 bits per heavy atom. The minimum absolute atomic E-state index is 0.176. The Morgan fingerprint density at radius 2 is 1.92 bits per heavy atom. The summed E-state index contributed by atoms with van der Waals surface area (Å²) < 4.78 is 11.4. The first kappa shape index (κ1) is 19.5. The van der Waals surface area contributed by atoms with Crippen molar-refractivity contribution in [2.24, 2.45) is 11.3 Å². The lowest BCUT2D eigenvalue weighted by Crippen LogP contribution is -2.54. The maximum absolute atomic E-state index is 12.6. The van der Waals surface area contributed by atoms with Crippen molar-refractivity contribution in [2.45, 2.75) is 78.5 Å². The molecule has 2 rings (SSSR count). The van der Waals surface area contributed by atoms with E-state index in [1.54, 1.807) is 0 Å². The normalized spacial score (nSPS) is 28.9. The molecule has 2 fully saturated rings. The van der Waals surface area contributed by atoms with Crippen LogP contribution in [0, 0.1) is 11.3 Å². The Bertz CT molecular complexity index is 425. The predicted molar refractivity (Wildman–Crippen MR) is 96.1 cm³/mol. The highest BCUT2D eigenvalue weighted by atomic mass is 16.6. The zero-order valence-corrected chi connectivity index (χ0v) is 16.4. The number of hydrogen-bond acceptors (Lipinski definition) is 4. The van der Waals surface area contributed by atoms with E-state index in [1.807, 2.05) is 25.7 Å². The first-order valence-corrected chi connectivity index (χ1v) is 9.37. The molecule has 5 heteroatoms. The van der Waals surface area contributed by atoms with Crippen molar-refractivity contribution in [1.29, 1.82) is 0 Å². The fourth-order valence-corrected chi connectivity index (χ4v) is 3.61. The quantitative estimate of drug-likeness (QED) is 0.855. The second kappa shape index (κ2) is 7.61. The molecule has 2 saturated heterocycles. The van der Waals surface area contributed by atoms with Gasteiger partial charge in [-0.15, -0.1) is 0 Å². The van der Waals surface area contributed by atoms with Crippen LogP contribution in [0.5, 0.6) is 0 Å². The Kier molecular flexibility index (Phi) is 6.19. The maximum atomic E-state index is 12.6. The Balaban J connectivity index is 2.03. The van der Waals surface area contributed by atoms with Crippen molar-refractivity contribution < 1.29 is 14.3 Å². The van der Waals surface area contributed by atoms with Crippen LogP contribution in [0.3, 0.4) is 0 Å². The number of carbonyl (C=O) groups excluding carboxylic acids is 1. The third-order valence-corrected chi connectivity index (χ3v) is 4.72. The van der Waals surface area contributed by atoms with Gasteiger partial charge in [-0.2, -0.15) is 0 Å². The second-order valence-electron chi connectivity index (χ2n) is 9.46. The number of ether oxygens (including phenoxy) is 2. The molecule has 140 valence electrons. The minimum Gasteiger partial charge on any atom is -0.444 e. The molecule has 0 unspecified atom stereocenters. The van der Waals surface area contributed by atoms with Crippen LogP contribution in [0.25, 0.3) is 0 Å². The first-order chi connectivity index (χ1) is 11.1. The molecule has 5 nitrogen and oxygen atoms in total. The average molecular weight is 341 g/mol. The molecule has 0 aromatic rings. The van der Waals surface area contributed by atoms with Crippen molar-refractivity contribution in [3.8, 4) is 0 Å². The summed E-state index contributed by atoms with van der Waals surface area (Å²) >= 11 is 0. The first-order valence-electron chi connectivity index (χ1n) is 9.37. The van der Waals surface area contributed by atoms with Gasteiger partial charge in [-0.25, -0.2) is 4.79 Å². The van der Waals surface area contributed by atoms with Crippen LogP contribution in [-0.2, 0) is 9.47 Å². The summed E-state index contributed by atoms with van der Waals surface area (Å²) in [4.78, 5) is 14.5. The SMILES string of the molecule is CC(C)(C)CN[C@@H]1CCOC[C@@H]1[C@@H]1CCCN1C(=O)OC(C)(C)C. The van der Waals surface area contributed by atoms with Gasteiger partial charge in [0.05, 0.1) is 6.61 Å². The van der Waals surface area contributed by atoms with Crippen LogP contribution >= 0.6 is 0 Å². The lowest BCUT2D eigenvalue weighted by Gasteiger charge is -2.40. The number of amides is 1. The number of hydrogen-bond donors (Lipinski definition) is 1. The number of carbonyl (C=O) groups is 1. The average Bonchev–Trinajstić information content (AvgIpc) is 2.92. The van der Waals surface area contributed by atoms with E-state index in [4.69, 9.17) is 9.47 Å². The topological polar surface area (TPSA) is 50.8 Å². The van der Waals surface area contributed by atoms with Gasteiger partial charge in [0.15, 0.2) is 0 Å². The van der Waals surface area contributed by atoms with E-state index in [1.165, 1.54) is 0 Å². The fourth-order valence-electron chi connectivity index (χ4n) is 3.61. The molecular formula is C19H36N2O3. The molecule has 2 aliphatic heterocycles. The molecule has 1 amide bonds.